The number of ether oxygens (including phenoxy) is 2. The minimum absolute atomic E-state index is 0.0134. The average Bonchev–Trinajstić information content (AvgIpc) is 2.47. The lowest BCUT2D eigenvalue weighted by atomic mass is 10.1. The Morgan fingerprint density at radius 1 is 0.700 bits per heavy atom. The fourth-order valence-corrected chi connectivity index (χ4v) is 1.99. The van der Waals surface area contributed by atoms with Crippen molar-refractivity contribution in [1.82, 2.24) is 0 Å². The Balaban J connectivity index is 4.62. The van der Waals surface area contributed by atoms with Gasteiger partial charge in [-0.25, -0.2) is 0 Å². The second-order valence-corrected chi connectivity index (χ2v) is 4.90. The van der Waals surface area contributed by atoms with Gasteiger partial charge < -0.3 is 19.7 Å². The highest BCUT2D eigenvalue weighted by molar-refractivity contribution is 5.02. The molecule has 4 nitrogen and oxygen atoms in total. The number of hydrogen-bond donors (Lipinski definition) is 2. The lowest BCUT2D eigenvalue weighted by Crippen LogP contribution is -2.08. The zero-order valence-electron chi connectivity index (χ0n) is 13.2. The Morgan fingerprint density at radius 2 is 1.10 bits per heavy atom. The molecule has 0 bridgehead atoms. The molecule has 2 N–H and O–H groups in total. The summed E-state index contributed by atoms with van der Waals surface area (Å²) >= 11 is 0. The molecule has 0 aliphatic carbocycles. The van der Waals surface area contributed by atoms with Crippen LogP contribution in [0.2, 0.25) is 0 Å². The second-order valence-electron chi connectivity index (χ2n) is 4.90. The largest absolute Gasteiger partial charge is 0.492 e. The zero-order chi connectivity index (χ0) is 15.1. The molecule has 0 aromatic carbocycles. The van der Waals surface area contributed by atoms with Crippen LogP contribution in [-0.2, 0) is 9.47 Å². The Hall–Kier alpha value is -0.740. The van der Waals surface area contributed by atoms with Crippen LogP contribution in [0, 0.1) is 0 Å². The van der Waals surface area contributed by atoms with Gasteiger partial charge in [-0.1, -0.05) is 39.5 Å². The van der Waals surface area contributed by atoms with Gasteiger partial charge in [-0.2, -0.15) is 0 Å². The summed E-state index contributed by atoms with van der Waals surface area (Å²) in [5.41, 5.74) is 0. The molecule has 0 saturated carbocycles. The first-order valence-corrected chi connectivity index (χ1v) is 7.99. The van der Waals surface area contributed by atoms with Crippen LogP contribution in [0.1, 0.15) is 65.2 Å². The molecule has 0 aromatic rings. The fourth-order valence-electron chi connectivity index (χ4n) is 1.99. The molecule has 0 heterocycles. The van der Waals surface area contributed by atoms with Gasteiger partial charge in [0.05, 0.1) is 13.2 Å². The van der Waals surface area contributed by atoms with E-state index >= 15 is 0 Å². The van der Waals surface area contributed by atoms with Gasteiger partial charge in [0.1, 0.15) is 24.7 Å². The summed E-state index contributed by atoms with van der Waals surface area (Å²) in [6.07, 6.45) is 8.48. The molecular formula is C16H32O4. The zero-order valence-corrected chi connectivity index (χ0v) is 13.2. The Kier molecular flexibility index (Phi) is 14.1. The summed E-state index contributed by atoms with van der Waals surface area (Å²) in [5.74, 6) is 1.72. The maximum Gasteiger partial charge on any atom is 0.134 e. The van der Waals surface area contributed by atoms with Crippen molar-refractivity contribution in [1.29, 1.82) is 0 Å². The predicted molar refractivity (Wildman–Crippen MR) is 81.4 cm³/mol. The third kappa shape index (κ3) is 10.1. The van der Waals surface area contributed by atoms with E-state index in [1.54, 1.807) is 0 Å². The summed E-state index contributed by atoms with van der Waals surface area (Å²) in [5, 5.41) is 17.9. The fraction of sp³-hybridized carbons (Fsp3) is 0.875. The summed E-state index contributed by atoms with van der Waals surface area (Å²) in [6, 6.07) is 0. The standard InChI is InChI=1S/C16H32O4/c1-3-5-7-9-15(19-13-11-17)16(20-14-12-18)10-8-6-4-2/h17-18H,3-14H2,1-2H3. The molecule has 0 unspecified atom stereocenters. The minimum atomic E-state index is 0.0134. The normalized spacial score (nSPS) is 12.2. The number of aliphatic hydroxyl groups excluding tert-OH is 2. The Morgan fingerprint density at radius 3 is 1.40 bits per heavy atom. The smallest absolute Gasteiger partial charge is 0.134 e. The summed E-state index contributed by atoms with van der Waals surface area (Å²) in [4.78, 5) is 0. The van der Waals surface area contributed by atoms with Gasteiger partial charge in [-0.3, -0.25) is 0 Å². The number of rotatable bonds is 14. The van der Waals surface area contributed by atoms with Crippen molar-refractivity contribution in [2.24, 2.45) is 0 Å². The number of hydrogen-bond acceptors (Lipinski definition) is 4. The van der Waals surface area contributed by atoms with E-state index < -0.39 is 0 Å². The van der Waals surface area contributed by atoms with E-state index in [4.69, 9.17) is 19.7 Å². The molecule has 0 aromatic heterocycles. The van der Waals surface area contributed by atoms with Gasteiger partial charge >= 0.3 is 0 Å². The maximum absolute atomic E-state index is 8.93. The van der Waals surface area contributed by atoms with E-state index in [1.165, 1.54) is 0 Å². The van der Waals surface area contributed by atoms with Crippen LogP contribution in [0.3, 0.4) is 0 Å². The van der Waals surface area contributed by atoms with Crippen molar-refractivity contribution in [3.63, 3.8) is 0 Å². The molecule has 0 spiro atoms. The number of allylic oxidation sites excluding steroid dienone is 2. The van der Waals surface area contributed by atoms with Gasteiger partial charge in [0.25, 0.3) is 0 Å². The summed E-state index contributed by atoms with van der Waals surface area (Å²) < 4.78 is 11.3. The van der Waals surface area contributed by atoms with Gasteiger partial charge in [0, 0.05) is 12.8 Å². The van der Waals surface area contributed by atoms with Gasteiger partial charge in [-0.05, 0) is 12.8 Å². The number of unbranched alkanes of at least 4 members (excludes halogenated alkanes) is 4. The van der Waals surface area contributed by atoms with Crippen molar-refractivity contribution in [2.75, 3.05) is 26.4 Å². The molecule has 0 radical (unpaired) electrons. The molecule has 0 aliphatic rings. The lowest BCUT2D eigenvalue weighted by molar-refractivity contribution is 0.0952. The van der Waals surface area contributed by atoms with Crippen LogP contribution in [0.15, 0.2) is 11.5 Å². The molecular weight excluding hydrogens is 256 g/mol. The van der Waals surface area contributed by atoms with Crippen molar-refractivity contribution in [3.05, 3.63) is 11.5 Å². The highest BCUT2D eigenvalue weighted by atomic mass is 16.5. The van der Waals surface area contributed by atoms with Crippen molar-refractivity contribution < 1.29 is 19.7 Å². The monoisotopic (exact) mass is 288 g/mol. The average molecular weight is 288 g/mol. The van der Waals surface area contributed by atoms with E-state index in [-0.39, 0.29) is 13.2 Å². The Bertz CT molecular complexity index is 215. The minimum Gasteiger partial charge on any atom is -0.492 e. The first kappa shape index (κ1) is 19.3. The molecule has 0 saturated heterocycles. The quantitative estimate of drug-likeness (QED) is 0.380. The molecule has 120 valence electrons. The van der Waals surface area contributed by atoms with Gasteiger partial charge in [0.2, 0.25) is 0 Å². The van der Waals surface area contributed by atoms with Crippen LogP contribution in [-0.4, -0.2) is 36.6 Å². The van der Waals surface area contributed by atoms with E-state index in [1.807, 2.05) is 0 Å². The summed E-state index contributed by atoms with van der Waals surface area (Å²) in [6.45, 7) is 4.98. The van der Waals surface area contributed by atoms with Gasteiger partial charge in [-0.15, -0.1) is 0 Å². The molecule has 0 fully saturated rings. The first-order chi connectivity index (χ1) is 9.79. The van der Waals surface area contributed by atoms with E-state index in [2.05, 4.69) is 13.8 Å². The number of aliphatic hydroxyl groups is 2. The molecule has 0 atom stereocenters. The molecule has 4 heteroatoms. The molecule has 0 amide bonds. The topological polar surface area (TPSA) is 58.9 Å². The van der Waals surface area contributed by atoms with Gasteiger partial charge in [0.15, 0.2) is 0 Å². The Labute approximate surface area is 123 Å². The SMILES string of the molecule is CCCCCC(OCCO)=C(CCCCC)OCCO. The van der Waals surface area contributed by atoms with Crippen molar-refractivity contribution >= 4 is 0 Å². The van der Waals surface area contributed by atoms with Crippen LogP contribution in [0.4, 0.5) is 0 Å². The van der Waals surface area contributed by atoms with Crippen molar-refractivity contribution in [2.45, 2.75) is 65.2 Å². The van der Waals surface area contributed by atoms with Crippen LogP contribution in [0.5, 0.6) is 0 Å². The summed E-state index contributed by atoms with van der Waals surface area (Å²) in [7, 11) is 0. The highest BCUT2D eigenvalue weighted by Crippen LogP contribution is 2.21. The van der Waals surface area contributed by atoms with E-state index in [0.29, 0.717) is 13.2 Å². The first-order valence-electron chi connectivity index (χ1n) is 7.99. The van der Waals surface area contributed by atoms with E-state index in [9.17, 15) is 0 Å². The predicted octanol–water partition coefficient (Wildman–Crippen LogP) is 3.38. The van der Waals surface area contributed by atoms with Crippen LogP contribution >= 0.6 is 0 Å². The van der Waals surface area contributed by atoms with Crippen LogP contribution < -0.4 is 0 Å². The lowest BCUT2D eigenvalue weighted by Gasteiger charge is -2.17. The van der Waals surface area contributed by atoms with Crippen LogP contribution in [0.25, 0.3) is 0 Å². The molecule has 0 aliphatic heterocycles. The van der Waals surface area contributed by atoms with Crippen molar-refractivity contribution in [3.8, 4) is 0 Å². The maximum atomic E-state index is 8.93. The third-order valence-corrected chi connectivity index (χ3v) is 3.06. The second kappa shape index (κ2) is 14.7. The highest BCUT2D eigenvalue weighted by Gasteiger charge is 2.10. The van der Waals surface area contributed by atoms with E-state index in [0.717, 1.165) is 62.9 Å². The third-order valence-electron chi connectivity index (χ3n) is 3.06. The molecule has 20 heavy (non-hydrogen) atoms. The molecule has 0 rings (SSSR count).